The van der Waals surface area contributed by atoms with E-state index < -0.39 is 0 Å². The number of hydrogen-bond donors (Lipinski definition) is 0. The van der Waals surface area contributed by atoms with E-state index in [1.807, 2.05) is 6.07 Å². The van der Waals surface area contributed by atoms with E-state index in [-0.39, 0.29) is 0 Å². The lowest BCUT2D eigenvalue weighted by atomic mass is 9.62. The molecule has 1 saturated carbocycles. The maximum absolute atomic E-state index is 6.17. The molecule has 0 unspecified atom stereocenters. The van der Waals surface area contributed by atoms with E-state index >= 15 is 0 Å². The normalized spacial score (nSPS) is 17.5. The van der Waals surface area contributed by atoms with Crippen LogP contribution >= 0.6 is 23.2 Å². The van der Waals surface area contributed by atoms with Crippen molar-refractivity contribution in [3.8, 4) is 0 Å². The summed E-state index contributed by atoms with van der Waals surface area (Å²) < 4.78 is 0. The summed E-state index contributed by atoms with van der Waals surface area (Å²) in [6.45, 7) is 1.18. The van der Waals surface area contributed by atoms with Crippen molar-refractivity contribution in [1.29, 1.82) is 0 Å². The maximum atomic E-state index is 6.17. The second-order valence-electron chi connectivity index (χ2n) is 6.02. The van der Waals surface area contributed by atoms with Crippen LogP contribution in [-0.2, 0) is 5.41 Å². The van der Waals surface area contributed by atoms with Crippen molar-refractivity contribution in [3.63, 3.8) is 0 Å². The van der Waals surface area contributed by atoms with E-state index in [0.717, 1.165) is 0 Å². The summed E-state index contributed by atoms with van der Waals surface area (Å²) in [5.41, 5.74) is 1.76. The van der Waals surface area contributed by atoms with Crippen LogP contribution in [0.25, 0.3) is 0 Å². The summed E-state index contributed by atoms with van der Waals surface area (Å²) in [7, 11) is 4.27. The van der Waals surface area contributed by atoms with Gasteiger partial charge in [0, 0.05) is 0 Å². The van der Waals surface area contributed by atoms with Crippen molar-refractivity contribution in [3.05, 3.63) is 33.8 Å². The van der Waals surface area contributed by atoms with E-state index in [4.69, 9.17) is 23.2 Å². The van der Waals surface area contributed by atoms with Crippen LogP contribution in [0.15, 0.2) is 18.2 Å². The van der Waals surface area contributed by atoms with Crippen molar-refractivity contribution in [1.82, 2.24) is 4.90 Å². The zero-order chi connectivity index (χ0) is 13.9. The Morgan fingerprint density at radius 2 is 1.84 bits per heavy atom. The predicted molar refractivity (Wildman–Crippen MR) is 84.4 cm³/mol. The summed E-state index contributed by atoms with van der Waals surface area (Å²) in [6.07, 6.45) is 7.78. The molecule has 0 radical (unpaired) electrons. The Balaban J connectivity index is 1.99. The van der Waals surface area contributed by atoms with Crippen molar-refractivity contribution in [2.75, 3.05) is 20.6 Å². The molecule has 0 bridgehead atoms. The number of hydrogen-bond acceptors (Lipinski definition) is 1. The van der Waals surface area contributed by atoms with E-state index in [0.29, 0.717) is 15.5 Å². The molecule has 0 aromatic heterocycles. The van der Waals surface area contributed by atoms with Gasteiger partial charge in [-0.3, -0.25) is 0 Å². The van der Waals surface area contributed by atoms with Crippen LogP contribution in [0.5, 0.6) is 0 Å². The average molecular weight is 300 g/mol. The third kappa shape index (κ3) is 3.65. The maximum Gasteiger partial charge on any atom is 0.0595 e. The monoisotopic (exact) mass is 299 g/mol. The van der Waals surface area contributed by atoms with Crippen molar-refractivity contribution < 1.29 is 0 Å². The predicted octanol–water partition coefficient (Wildman–Crippen LogP) is 5.15. The third-order valence-electron chi connectivity index (χ3n) is 4.35. The van der Waals surface area contributed by atoms with Crippen molar-refractivity contribution >= 4 is 23.2 Å². The molecule has 0 aliphatic heterocycles. The highest BCUT2D eigenvalue weighted by molar-refractivity contribution is 6.42. The number of nitrogens with zero attached hydrogens (tertiary/aromatic N) is 1. The molecule has 1 aromatic carbocycles. The summed E-state index contributed by atoms with van der Waals surface area (Å²) in [5, 5.41) is 1.35. The van der Waals surface area contributed by atoms with Gasteiger partial charge in [-0.1, -0.05) is 42.1 Å². The van der Waals surface area contributed by atoms with Crippen LogP contribution in [0.2, 0.25) is 10.0 Å². The molecular formula is C16H23Cl2N. The first-order valence-electron chi connectivity index (χ1n) is 7.14. The summed E-state index contributed by atoms with van der Waals surface area (Å²) in [6, 6.07) is 6.19. The van der Waals surface area contributed by atoms with Gasteiger partial charge in [0.2, 0.25) is 0 Å². The van der Waals surface area contributed by atoms with Gasteiger partial charge >= 0.3 is 0 Å². The standard InChI is InChI=1S/C16H23Cl2N/c1-19(2)11-4-3-8-16(9-5-10-16)13-6-7-14(17)15(18)12-13/h6-7,12H,3-5,8-11H2,1-2H3. The summed E-state index contributed by atoms with van der Waals surface area (Å²) >= 11 is 12.2. The van der Waals surface area contributed by atoms with Gasteiger partial charge in [0.05, 0.1) is 10.0 Å². The minimum absolute atomic E-state index is 0.376. The second kappa shape index (κ2) is 6.47. The SMILES string of the molecule is CN(C)CCCCC1(c2ccc(Cl)c(Cl)c2)CCC1. The molecule has 0 spiro atoms. The molecule has 1 aliphatic rings. The molecule has 0 heterocycles. The van der Waals surface area contributed by atoms with E-state index in [1.54, 1.807) is 0 Å². The minimum atomic E-state index is 0.376. The first-order chi connectivity index (χ1) is 9.03. The molecule has 3 heteroatoms. The fraction of sp³-hybridized carbons (Fsp3) is 0.625. The molecule has 0 saturated heterocycles. The van der Waals surface area contributed by atoms with Gasteiger partial charge < -0.3 is 4.90 Å². The van der Waals surface area contributed by atoms with E-state index in [1.165, 1.54) is 50.6 Å². The highest BCUT2D eigenvalue weighted by Gasteiger charge is 2.38. The Morgan fingerprint density at radius 1 is 1.11 bits per heavy atom. The minimum Gasteiger partial charge on any atom is -0.309 e. The molecule has 1 nitrogen and oxygen atoms in total. The van der Waals surface area contributed by atoms with Gasteiger partial charge in [0.1, 0.15) is 0 Å². The Bertz CT molecular complexity index is 425. The zero-order valence-corrected chi connectivity index (χ0v) is 13.4. The lowest BCUT2D eigenvalue weighted by Gasteiger charge is -2.43. The average Bonchev–Trinajstić information content (AvgIpc) is 2.31. The third-order valence-corrected chi connectivity index (χ3v) is 5.09. The first-order valence-corrected chi connectivity index (χ1v) is 7.89. The number of benzene rings is 1. The fourth-order valence-electron chi connectivity index (χ4n) is 3.00. The number of unbranched alkanes of at least 4 members (excludes halogenated alkanes) is 1. The van der Waals surface area contributed by atoms with Gasteiger partial charge in [0.25, 0.3) is 0 Å². The van der Waals surface area contributed by atoms with Gasteiger partial charge in [-0.05, 0) is 69.4 Å². The smallest absolute Gasteiger partial charge is 0.0595 e. The first kappa shape index (κ1) is 15.2. The topological polar surface area (TPSA) is 3.24 Å². The molecule has 2 rings (SSSR count). The Morgan fingerprint density at radius 3 is 2.37 bits per heavy atom. The lowest BCUT2D eigenvalue weighted by Crippen LogP contribution is -2.34. The zero-order valence-electron chi connectivity index (χ0n) is 11.9. The van der Waals surface area contributed by atoms with Crippen molar-refractivity contribution in [2.45, 2.75) is 43.9 Å². The molecule has 19 heavy (non-hydrogen) atoms. The van der Waals surface area contributed by atoms with Gasteiger partial charge in [-0.2, -0.15) is 0 Å². The van der Waals surface area contributed by atoms with Gasteiger partial charge in [-0.15, -0.1) is 0 Å². The van der Waals surface area contributed by atoms with Crippen molar-refractivity contribution in [2.24, 2.45) is 0 Å². The molecule has 1 fully saturated rings. The van der Waals surface area contributed by atoms with Crippen LogP contribution < -0.4 is 0 Å². The molecule has 106 valence electrons. The Hall–Kier alpha value is -0.240. The molecule has 1 aliphatic carbocycles. The van der Waals surface area contributed by atoms with Crippen LogP contribution in [0, 0.1) is 0 Å². The fourth-order valence-corrected chi connectivity index (χ4v) is 3.30. The van der Waals surface area contributed by atoms with Crippen LogP contribution in [0.4, 0.5) is 0 Å². The highest BCUT2D eigenvalue weighted by atomic mass is 35.5. The summed E-state index contributed by atoms with van der Waals surface area (Å²) in [4.78, 5) is 2.26. The van der Waals surface area contributed by atoms with E-state index in [2.05, 4.69) is 31.1 Å². The molecule has 0 N–H and O–H groups in total. The van der Waals surface area contributed by atoms with Crippen LogP contribution in [0.1, 0.15) is 44.1 Å². The molecule has 0 atom stereocenters. The highest BCUT2D eigenvalue weighted by Crippen LogP contribution is 2.48. The number of rotatable bonds is 6. The Labute approximate surface area is 126 Å². The quantitative estimate of drug-likeness (QED) is 0.657. The molecule has 1 aromatic rings. The van der Waals surface area contributed by atoms with Gasteiger partial charge in [0.15, 0.2) is 0 Å². The molecular weight excluding hydrogens is 277 g/mol. The lowest BCUT2D eigenvalue weighted by molar-refractivity contribution is 0.216. The van der Waals surface area contributed by atoms with Gasteiger partial charge in [-0.25, -0.2) is 0 Å². The summed E-state index contributed by atoms with van der Waals surface area (Å²) in [5.74, 6) is 0. The van der Waals surface area contributed by atoms with Crippen LogP contribution in [-0.4, -0.2) is 25.5 Å². The number of halogens is 2. The molecule has 0 amide bonds. The Kier molecular flexibility index (Phi) is 5.16. The second-order valence-corrected chi connectivity index (χ2v) is 6.84. The van der Waals surface area contributed by atoms with E-state index in [9.17, 15) is 0 Å². The van der Waals surface area contributed by atoms with Crippen LogP contribution in [0.3, 0.4) is 0 Å². The largest absolute Gasteiger partial charge is 0.309 e.